The Balaban J connectivity index is 0.000000118. The number of fused-ring (bicyclic) bond motifs is 5. The predicted octanol–water partition coefficient (Wildman–Crippen LogP) is 14.1. The molecule has 0 radical (unpaired) electrons. The van der Waals surface area contributed by atoms with E-state index >= 15 is 0 Å². The van der Waals surface area contributed by atoms with Gasteiger partial charge >= 0.3 is 12.1 Å². The van der Waals surface area contributed by atoms with Gasteiger partial charge in [-0.05, 0) is 186 Å². The highest BCUT2D eigenvalue weighted by Gasteiger charge is 2.49. The molecule has 3 saturated heterocycles. The van der Waals surface area contributed by atoms with Gasteiger partial charge < -0.3 is 78.7 Å². The van der Waals surface area contributed by atoms with Crippen molar-refractivity contribution in [3.8, 4) is 74.3 Å². The number of ether oxygens (including phenoxy) is 10. The van der Waals surface area contributed by atoms with Crippen LogP contribution in [-0.2, 0) is 67.5 Å². The van der Waals surface area contributed by atoms with Crippen LogP contribution in [0.2, 0.25) is 0 Å². The largest absolute Gasteiger partial charge is 0.511 e. The van der Waals surface area contributed by atoms with Gasteiger partial charge in [0, 0.05) is 97.5 Å². The van der Waals surface area contributed by atoms with Gasteiger partial charge in [0.2, 0.25) is 39.0 Å². The van der Waals surface area contributed by atoms with Crippen LogP contribution in [-0.4, -0.2) is 119 Å². The molecule has 11 aromatic rings. The Morgan fingerprint density at radius 1 is 0.595 bits per heavy atom. The van der Waals surface area contributed by atoms with Crippen molar-refractivity contribution >= 4 is 52.8 Å². The number of halogens is 5. The molecule has 20 rings (SSSR count). The monoisotopic (exact) mass is 1740 g/mol. The van der Waals surface area contributed by atoms with Crippen LogP contribution in [0, 0.1) is 36.3 Å². The van der Waals surface area contributed by atoms with Gasteiger partial charge in [-0.1, -0.05) is 78.9 Å². The molecule has 2 aromatic heterocycles. The first kappa shape index (κ1) is 85.6. The molecule has 0 spiro atoms. The summed E-state index contributed by atoms with van der Waals surface area (Å²) >= 11 is 1.68. The topological polar surface area (TPSA) is 323 Å². The molecule has 3 unspecified atom stereocenters. The third kappa shape index (κ3) is 20.1. The van der Waals surface area contributed by atoms with Crippen LogP contribution in [0.1, 0.15) is 85.5 Å². The molecule has 1 saturated carbocycles. The van der Waals surface area contributed by atoms with Crippen molar-refractivity contribution in [3.05, 3.63) is 298 Å². The number of aliphatic hydroxyl groups is 1. The lowest BCUT2D eigenvalue weighted by Crippen LogP contribution is -2.46. The maximum absolute atomic E-state index is 13.3. The standard InChI is InChI=1S/C22H22F3N3O4.C21H19FN2O2.C21H17NO5.C19H18FNO4S.C11H8N2O2/c23-22(24,25)15-3-1-2-13(6-15)8-27-20(29)16-10-26-11-17(16)21(30)28-9-14-4-5-18-19(7-14)32-12-31-18;1-13-18(21(23)25)11-19(15-4-6-17(22)7-5-15)24(13)12-14-2-3-16-8-9-26-20(16)10-14;23-19(13-6-7-13)17-20(24)18(12-4-2-1-3-5-12)22(21(17)25)14-8-9-15-16(10-14)27-11-26-15;20-14-4-2-13(3-5-14)15-9-26-10-16(21-15)19(22)23-8-12-1-6-17-18(7-12)25-11-24-17;1-2-10-11(15-7-14-10)5-8(1)9-3-4-12-6-13-9/h1-7,16-17,26H,8-12H2,(H,27,29)(H,28,30);2-7,10-11H,8-9,12H2,1H3,(H2,23,25);1-5,8-10,13,18,23H,6-7,11H2;1-7,15-16,21H,8-11H2;1-6H,7H2/t16-,17?;;;15?,16-;/m0..0./s1. The van der Waals surface area contributed by atoms with Crippen LogP contribution in [0.3, 0.4) is 0 Å². The van der Waals surface area contributed by atoms with Crippen molar-refractivity contribution in [2.24, 2.45) is 23.5 Å². The molecule has 10 heterocycles. The minimum Gasteiger partial charge on any atom is -0.511 e. The summed E-state index contributed by atoms with van der Waals surface area (Å²) in [5, 5.41) is 22.3. The van der Waals surface area contributed by atoms with E-state index in [1.807, 2.05) is 96.4 Å². The van der Waals surface area contributed by atoms with Gasteiger partial charge in [0.1, 0.15) is 53.7 Å². The summed E-state index contributed by atoms with van der Waals surface area (Å²) in [7, 11) is 0. The van der Waals surface area contributed by atoms with E-state index in [9.17, 15) is 55.8 Å². The van der Waals surface area contributed by atoms with E-state index in [0.717, 1.165) is 105 Å². The smallest absolute Gasteiger partial charge is 0.416 e. The number of esters is 1. The van der Waals surface area contributed by atoms with Crippen LogP contribution in [0.15, 0.2) is 230 Å². The Morgan fingerprint density at radius 2 is 1.17 bits per heavy atom. The van der Waals surface area contributed by atoms with Gasteiger partial charge in [0.05, 0.1) is 35.3 Å². The molecule has 26 nitrogen and oxygen atoms in total. The number of carbonyl (C=O) groups excluding carboxylic acids is 6. The zero-order valence-corrected chi connectivity index (χ0v) is 68.5. The van der Waals surface area contributed by atoms with E-state index in [1.165, 1.54) is 53.2 Å². The number of nitrogens with one attached hydrogen (secondary N) is 4. The van der Waals surface area contributed by atoms with Crippen molar-refractivity contribution in [1.82, 2.24) is 35.8 Å². The lowest BCUT2D eigenvalue weighted by atomic mass is 9.94. The first-order chi connectivity index (χ1) is 61.1. The average molecular weight is 1740 g/mol. The number of carbonyl (C=O) groups is 6. The van der Waals surface area contributed by atoms with Gasteiger partial charge in [-0.25, -0.2) is 18.7 Å². The number of rotatable bonds is 18. The number of nitrogens with two attached hydrogens (primary N) is 1. The number of anilines is 1. The van der Waals surface area contributed by atoms with Crippen LogP contribution < -0.4 is 74.5 Å². The second-order valence-corrected chi connectivity index (χ2v) is 31.5. The summed E-state index contributed by atoms with van der Waals surface area (Å²) in [5.74, 6) is 3.56. The van der Waals surface area contributed by atoms with Gasteiger partial charge in [0.25, 0.3) is 11.8 Å². The quantitative estimate of drug-likeness (QED) is 0.0153. The molecule has 4 fully saturated rings. The molecule has 1 aliphatic carbocycles. The summed E-state index contributed by atoms with van der Waals surface area (Å²) in [6, 6.07) is 56.9. The minimum absolute atomic E-state index is 0.00237. The number of aliphatic hydroxyl groups excluding tert-OH is 1. The number of primary amides is 1. The molecule has 5 atom stereocenters. The number of hydrogen-bond donors (Lipinski definition) is 6. The van der Waals surface area contributed by atoms with E-state index in [1.54, 1.807) is 78.6 Å². The molecule has 9 aromatic carbocycles. The fourth-order valence-electron chi connectivity index (χ4n) is 15.3. The molecular weight excluding hydrogens is 1650 g/mol. The van der Waals surface area contributed by atoms with Crippen molar-refractivity contribution in [2.45, 2.75) is 76.7 Å². The normalized spacial score (nSPS) is 18.5. The summed E-state index contributed by atoms with van der Waals surface area (Å²) in [4.78, 5) is 85.4. The summed E-state index contributed by atoms with van der Waals surface area (Å²) in [6.07, 6.45) is 1.33. The summed E-state index contributed by atoms with van der Waals surface area (Å²) in [6.45, 7) is 5.01. The molecule has 126 heavy (non-hydrogen) atoms. The third-order valence-electron chi connectivity index (χ3n) is 22.1. The first-order valence-corrected chi connectivity index (χ1v) is 41.6. The number of thioether (sulfide) groups is 1. The number of benzene rings is 9. The Morgan fingerprint density at radius 3 is 1.81 bits per heavy atom. The van der Waals surface area contributed by atoms with Crippen molar-refractivity contribution in [1.29, 1.82) is 0 Å². The van der Waals surface area contributed by atoms with Gasteiger partial charge in [-0.2, -0.15) is 24.9 Å². The van der Waals surface area contributed by atoms with Crippen LogP contribution in [0.25, 0.3) is 22.5 Å². The molecule has 32 heteroatoms. The number of aromatic nitrogens is 3. The second-order valence-electron chi connectivity index (χ2n) is 30.5. The Kier molecular flexibility index (Phi) is 26.1. The number of ketones is 1. The fraction of sp³-hybridized carbons (Fsp3) is 0.255. The van der Waals surface area contributed by atoms with E-state index in [-0.39, 0.29) is 98.6 Å². The van der Waals surface area contributed by atoms with Gasteiger partial charge in [-0.3, -0.25) is 39.0 Å². The maximum Gasteiger partial charge on any atom is 0.416 e. The SMILES string of the molecule is Cc1c(C(N)=O)cc(-c2ccc(F)cc2)n1Cc1ccc2c(c1)OCC2.O=C(NCc1ccc2c(c1)OCO2)C1CNC[C@@H]1C(=O)NCc1cccc(C(F)(F)F)c1.O=C(OCc1ccc2c(c1)OCO2)[C@@H]1CSCC(c2ccc(F)cc2)N1.O=C1C(=C(O)C2CC2)C(=O)N(c2ccc3c(c2)OCO3)C1c1ccccc1.c1cc(-c2ccc3c(c2)OCO3)ncn1. The Hall–Kier alpha value is -14.0. The van der Waals surface area contributed by atoms with E-state index in [0.29, 0.717) is 95.7 Å². The average Bonchev–Trinajstić information content (AvgIpc) is 1.61. The zero-order chi connectivity index (χ0) is 87.5. The molecule has 8 aliphatic heterocycles. The number of allylic oxidation sites excluding steroid dienone is 1. The van der Waals surface area contributed by atoms with E-state index in [4.69, 9.17) is 53.1 Å². The minimum atomic E-state index is -4.45. The summed E-state index contributed by atoms with van der Waals surface area (Å²) < 4.78 is 121. The van der Waals surface area contributed by atoms with Crippen molar-refractivity contribution in [2.75, 3.05) is 63.3 Å². The maximum atomic E-state index is 13.3. The molecule has 4 amide bonds. The summed E-state index contributed by atoms with van der Waals surface area (Å²) in [5.41, 5.74) is 16.0. The van der Waals surface area contributed by atoms with Crippen molar-refractivity contribution < 1.29 is 103 Å². The number of alkyl halides is 3. The molecule has 648 valence electrons. The predicted molar refractivity (Wildman–Crippen MR) is 451 cm³/mol. The highest BCUT2D eigenvalue weighted by atomic mass is 32.2. The first-order valence-electron chi connectivity index (χ1n) is 40.5. The number of nitrogens with zero attached hydrogens (tertiary/aromatic N) is 4. The number of Topliss-reactive ketones (excluding diaryl/α,β-unsaturated/α-hetero) is 1. The second kappa shape index (κ2) is 38.4. The highest BCUT2D eigenvalue weighted by Crippen LogP contribution is 2.47. The zero-order valence-electron chi connectivity index (χ0n) is 67.7. The lowest BCUT2D eigenvalue weighted by molar-refractivity contribution is -0.147. The van der Waals surface area contributed by atoms with E-state index in [2.05, 4.69) is 43.4 Å². The van der Waals surface area contributed by atoms with E-state index < -0.39 is 47.5 Å². The van der Waals surface area contributed by atoms with Crippen LogP contribution in [0.5, 0.6) is 51.7 Å². The third-order valence-corrected chi connectivity index (χ3v) is 23.3. The Bertz CT molecular complexity index is 5910. The van der Waals surface area contributed by atoms with Crippen LogP contribution in [0.4, 0.5) is 27.6 Å². The number of hydrogen-bond acceptors (Lipinski definition) is 22. The fourth-order valence-corrected chi connectivity index (χ4v) is 16.5. The van der Waals surface area contributed by atoms with Gasteiger partial charge in [-0.15, -0.1) is 0 Å². The van der Waals surface area contributed by atoms with Crippen LogP contribution >= 0.6 is 11.8 Å². The lowest BCUT2D eigenvalue weighted by Gasteiger charge is -2.29. The molecule has 7 N–H and O–H groups in total. The molecule has 0 bridgehead atoms. The molecular formula is C94H84F5N9O17S. The van der Waals surface area contributed by atoms with Crippen molar-refractivity contribution in [3.63, 3.8) is 0 Å². The molecule has 9 aliphatic rings. The number of amides is 4. The highest BCUT2D eigenvalue weighted by molar-refractivity contribution is 7.99. The van der Waals surface area contributed by atoms with Gasteiger partial charge in [0.15, 0.2) is 51.8 Å². The Labute approximate surface area is 723 Å².